The summed E-state index contributed by atoms with van der Waals surface area (Å²) in [4.78, 5) is 36.2. The third-order valence-corrected chi connectivity index (χ3v) is 4.63. The summed E-state index contributed by atoms with van der Waals surface area (Å²) in [5.41, 5.74) is 3.40. The molecule has 0 atom stereocenters. The molecule has 35 heavy (non-hydrogen) atoms. The maximum absolute atomic E-state index is 12.9. The number of halogens is 1. The van der Waals surface area contributed by atoms with E-state index in [2.05, 4.69) is 15.8 Å². The predicted molar refractivity (Wildman–Crippen MR) is 125 cm³/mol. The van der Waals surface area contributed by atoms with Gasteiger partial charge in [0.15, 0.2) is 11.5 Å². The first-order chi connectivity index (χ1) is 16.9. The van der Waals surface area contributed by atoms with Gasteiger partial charge in [0.1, 0.15) is 11.6 Å². The number of nitrogens with one attached hydrogen (secondary N) is 2. The van der Waals surface area contributed by atoms with Gasteiger partial charge in [-0.15, -0.1) is 0 Å². The smallest absolute Gasteiger partial charge is 0.343 e. The highest BCUT2D eigenvalue weighted by atomic mass is 19.1. The van der Waals surface area contributed by atoms with E-state index in [9.17, 15) is 18.8 Å². The standard InChI is InChI=1S/C25H22FN3O6/c1-33-20-10-6-18(7-11-20)25(32)35-21-12-3-16(13-22(21)34-2)14-28-29-23(30)15-27-24(31)17-4-8-19(26)9-5-17/h3-14H,15H2,1-2H3,(H,27,31)(H,29,30)/b28-14-. The zero-order valence-electron chi connectivity index (χ0n) is 18.9. The molecule has 0 heterocycles. The van der Waals surface area contributed by atoms with Gasteiger partial charge in [-0.05, 0) is 72.3 Å². The normalized spacial score (nSPS) is 10.5. The SMILES string of the molecule is COc1ccc(C(=O)Oc2ccc(/C=N\NC(=O)CNC(=O)c3ccc(F)cc3)cc2OC)cc1. The quantitative estimate of drug-likeness (QED) is 0.211. The summed E-state index contributed by atoms with van der Waals surface area (Å²) in [6.45, 7) is -0.322. The molecule has 9 nitrogen and oxygen atoms in total. The van der Waals surface area contributed by atoms with E-state index in [1.807, 2.05) is 0 Å². The topological polar surface area (TPSA) is 115 Å². The number of carbonyl (C=O) groups excluding carboxylic acids is 3. The van der Waals surface area contributed by atoms with Crippen LogP contribution in [0.2, 0.25) is 0 Å². The van der Waals surface area contributed by atoms with Crippen molar-refractivity contribution in [2.75, 3.05) is 20.8 Å². The lowest BCUT2D eigenvalue weighted by Crippen LogP contribution is -2.34. The van der Waals surface area contributed by atoms with Crippen molar-refractivity contribution in [2.24, 2.45) is 5.10 Å². The van der Waals surface area contributed by atoms with Crippen molar-refractivity contribution in [1.82, 2.24) is 10.7 Å². The number of hydrogen-bond acceptors (Lipinski definition) is 7. The molecule has 0 aromatic heterocycles. The van der Waals surface area contributed by atoms with Gasteiger partial charge in [0.05, 0.1) is 32.5 Å². The Morgan fingerprint density at radius 2 is 1.57 bits per heavy atom. The molecule has 10 heteroatoms. The Bertz CT molecular complexity index is 1230. The monoisotopic (exact) mass is 479 g/mol. The van der Waals surface area contributed by atoms with Gasteiger partial charge in [-0.1, -0.05) is 0 Å². The zero-order valence-corrected chi connectivity index (χ0v) is 18.9. The van der Waals surface area contributed by atoms with Crippen LogP contribution < -0.4 is 25.0 Å². The van der Waals surface area contributed by atoms with E-state index >= 15 is 0 Å². The molecule has 0 bridgehead atoms. The van der Waals surface area contributed by atoms with Crippen LogP contribution in [0.5, 0.6) is 17.2 Å². The van der Waals surface area contributed by atoms with Crippen LogP contribution in [0, 0.1) is 5.82 Å². The van der Waals surface area contributed by atoms with E-state index in [1.54, 1.807) is 36.4 Å². The van der Waals surface area contributed by atoms with Crippen molar-refractivity contribution in [1.29, 1.82) is 0 Å². The second-order valence-corrected chi connectivity index (χ2v) is 7.01. The summed E-state index contributed by atoms with van der Waals surface area (Å²) in [7, 11) is 2.95. The third kappa shape index (κ3) is 7.13. The van der Waals surface area contributed by atoms with Gasteiger partial charge in [-0.3, -0.25) is 9.59 Å². The van der Waals surface area contributed by atoms with E-state index in [1.165, 1.54) is 38.6 Å². The van der Waals surface area contributed by atoms with Gasteiger partial charge in [0, 0.05) is 5.56 Å². The Hall–Kier alpha value is -4.73. The molecule has 0 spiro atoms. The molecule has 0 saturated carbocycles. The highest BCUT2D eigenvalue weighted by Gasteiger charge is 2.13. The summed E-state index contributed by atoms with van der Waals surface area (Å²) < 4.78 is 28.7. The molecule has 180 valence electrons. The van der Waals surface area contributed by atoms with E-state index in [0.717, 1.165) is 12.1 Å². The lowest BCUT2D eigenvalue weighted by atomic mass is 10.2. The third-order valence-electron chi connectivity index (χ3n) is 4.63. The fourth-order valence-electron chi connectivity index (χ4n) is 2.82. The molecule has 0 radical (unpaired) electrons. The van der Waals surface area contributed by atoms with Crippen molar-refractivity contribution in [3.63, 3.8) is 0 Å². The van der Waals surface area contributed by atoms with Gasteiger partial charge < -0.3 is 19.5 Å². The van der Waals surface area contributed by atoms with Crippen LogP contribution in [0.3, 0.4) is 0 Å². The minimum Gasteiger partial charge on any atom is -0.497 e. The Kier molecular flexibility index (Phi) is 8.49. The summed E-state index contributed by atoms with van der Waals surface area (Å²) in [5.74, 6) is -1.00. The molecule has 0 aliphatic heterocycles. The number of esters is 1. The zero-order chi connectivity index (χ0) is 25.2. The highest BCUT2D eigenvalue weighted by Crippen LogP contribution is 2.28. The minimum atomic E-state index is -0.567. The highest BCUT2D eigenvalue weighted by molar-refractivity contribution is 5.96. The van der Waals surface area contributed by atoms with E-state index in [4.69, 9.17) is 14.2 Å². The van der Waals surface area contributed by atoms with Gasteiger partial charge in [-0.25, -0.2) is 14.6 Å². The van der Waals surface area contributed by atoms with Crippen LogP contribution in [-0.2, 0) is 4.79 Å². The Balaban J connectivity index is 1.53. The molecule has 2 N–H and O–H groups in total. The molecule has 3 rings (SSSR count). The predicted octanol–water partition coefficient (Wildman–Crippen LogP) is 2.94. The summed E-state index contributed by atoms with van der Waals surface area (Å²) in [5, 5.41) is 6.24. The van der Waals surface area contributed by atoms with Crippen LogP contribution in [0.25, 0.3) is 0 Å². The summed E-state index contributed by atoms with van der Waals surface area (Å²) in [6, 6.07) is 16.1. The van der Waals surface area contributed by atoms with Crippen molar-refractivity contribution in [2.45, 2.75) is 0 Å². The van der Waals surface area contributed by atoms with Gasteiger partial charge >= 0.3 is 5.97 Å². The van der Waals surface area contributed by atoms with Crippen molar-refractivity contribution >= 4 is 24.0 Å². The van der Waals surface area contributed by atoms with Crippen molar-refractivity contribution in [3.05, 3.63) is 89.2 Å². The average molecular weight is 479 g/mol. The molecule has 3 aromatic carbocycles. The first-order valence-corrected chi connectivity index (χ1v) is 10.3. The van der Waals surface area contributed by atoms with Crippen molar-refractivity contribution < 1.29 is 33.0 Å². The number of benzene rings is 3. The Morgan fingerprint density at radius 1 is 0.886 bits per heavy atom. The lowest BCUT2D eigenvalue weighted by Gasteiger charge is -2.10. The molecular formula is C25H22FN3O6. The van der Waals surface area contributed by atoms with Crippen LogP contribution in [0.1, 0.15) is 26.3 Å². The van der Waals surface area contributed by atoms with Crippen LogP contribution >= 0.6 is 0 Å². The number of ether oxygens (including phenoxy) is 3. The molecule has 0 fully saturated rings. The number of nitrogens with zero attached hydrogens (tertiary/aromatic N) is 1. The van der Waals surface area contributed by atoms with E-state index in [0.29, 0.717) is 16.9 Å². The largest absolute Gasteiger partial charge is 0.497 e. The number of hydrogen-bond donors (Lipinski definition) is 2. The van der Waals surface area contributed by atoms with Crippen LogP contribution in [0.15, 0.2) is 71.8 Å². The second-order valence-electron chi connectivity index (χ2n) is 7.01. The Labute approximate surface area is 200 Å². The van der Waals surface area contributed by atoms with Crippen LogP contribution in [-0.4, -0.2) is 44.8 Å². The van der Waals surface area contributed by atoms with Gasteiger partial charge in [-0.2, -0.15) is 5.10 Å². The fourth-order valence-corrected chi connectivity index (χ4v) is 2.82. The van der Waals surface area contributed by atoms with E-state index in [-0.39, 0.29) is 23.6 Å². The molecule has 3 aromatic rings. The molecule has 0 unspecified atom stereocenters. The Morgan fingerprint density at radius 3 is 2.23 bits per heavy atom. The first kappa shape index (κ1) is 24.9. The number of amides is 2. The second kappa shape index (κ2) is 11.9. The number of hydrazone groups is 1. The fraction of sp³-hybridized carbons (Fsp3) is 0.120. The average Bonchev–Trinajstić information content (AvgIpc) is 2.88. The number of carbonyl (C=O) groups is 3. The lowest BCUT2D eigenvalue weighted by molar-refractivity contribution is -0.120. The summed E-state index contributed by atoms with van der Waals surface area (Å²) in [6.07, 6.45) is 1.36. The maximum Gasteiger partial charge on any atom is 0.343 e. The molecule has 2 amide bonds. The molecule has 0 aliphatic carbocycles. The summed E-state index contributed by atoms with van der Waals surface area (Å²) >= 11 is 0. The van der Waals surface area contributed by atoms with Gasteiger partial charge in [0.25, 0.3) is 11.8 Å². The number of rotatable bonds is 9. The molecular weight excluding hydrogens is 457 g/mol. The first-order valence-electron chi connectivity index (χ1n) is 10.3. The minimum absolute atomic E-state index is 0.206. The van der Waals surface area contributed by atoms with Crippen molar-refractivity contribution in [3.8, 4) is 17.2 Å². The molecule has 0 saturated heterocycles. The van der Waals surface area contributed by atoms with E-state index < -0.39 is 23.6 Å². The number of methoxy groups -OCH3 is 2. The molecule has 0 aliphatic rings. The van der Waals surface area contributed by atoms with Crippen LogP contribution in [0.4, 0.5) is 4.39 Å². The van der Waals surface area contributed by atoms with Gasteiger partial charge in [0.2, 0.25) is 0 Å². The maximum atomic E-state index is 12.9.